The lowest BCUT2D eigenvalue weighted by atomic mass is 9.94. The second-order valence-corrected chi connectivity index (χ2v) is 9.82. The summed E-state index contributed by atoms with van der Waals surface area (Å²) in [6.45, 7) is 6.23. The number of amides is 2. The van der Waals surface area contributed by atoms with Gasteiger partial charge in [0.1, 0.15) is 6.04 Å². The smallest absolute Gasteiger partial charge is 0.248 e. The molecule has 1 aliphatic rings. The van der Waals surface area contributed by atoms with E-state index in [0.29, 0.717) is 34.6 Å². The van der Waals surface area contributed by atoms with Gasteiger partial charge in [-0.15, -0.1) is 11.3 Å². The number of thiazole rings is 1. The van der Waals surface area contributed by atoms with Gasteiger partial charge in [0, 0.05) is 29.5 Å². The highest BCUT2D eigenvalue weighted by atomic mass is 35.5. The summed E-state index contributed by atoms with van der Waals surface area (Å²) in [4.78, 5) is 32.3. The van der Waals surface area contributed by atoms with Crippen LogP contribution in [0.2, 0.25) is 10.0 Å². The van der Waals surface area contributed by atoms with E-state index >= 15 is 0 Å². The first-order valence-electron chi connectivity index (χ1n) is 9.16. The molecule has 2 heterocycles. The van der Waals surface area contributed by atoms with Gasteiger partial charge >= 0.3 is 0 Å². The lowest BCUT2D eigenvalue weighted by Crippen LogP contribution is -2.47. The average Bonchev–Trinajstić information content (AvgIpc) is 3.27. The van der Waals surface area contributed by atoms with Crippen molar-refractivity contribution in [1.82, 2.24) is 9.88 Å². The Hall–Kier alpha value is -1.63. The number of likely N-dealkylation sites (tertiary alicyclic amines) is 1. The van der Waals surface area contributed by atoms with Gasteiger partial charge < -0.3 is 10.2 Å². The molecule has 1 aliphatic heterocycles. The van der Waals surface area contributed by atoms with Crippen molar-refractivity contribution < 1.29 is 9.59 Å². The number of benzene rings is 1. The quantitative estimate of drug-likeness (QED) is 0.727. The van der Waals surface area contributed by atoms with Crippen LogP contribution in [-0.2, 0) is 16.0 Å². The molecule has 1 aromatic heterocycles. The maximum Gasteiger partial charge on any atom is 0.248 e. The van der Waals surface area contributed by atoms with E-state index in [1.54, 1.807) is 17.2 Å². The van der Waals surface area contributed by atoms with Crippen LogP contribution in [0.5, 0.6) is 0 Å². The van der Waals surface area contributed by atoms with Crippen LogP contribution in [-0.4, -0.2) is 34.3 Å². The van der Waals surface area contributed by atoms with Crippen LogP contribution >= 0.6 is 34.5 Å². The molecule has 0 saturated carbocycles. The van der Waals surface area contributed by atoms with Crippen molar-refractivity contribution >= 4 is 51.5 Å². The summed E-state index contributed by atoms with van der Waals surface area (Å²) < 4.78 is 0. The van der Waals surface area contributed by atoms with Gasteiger partial charge in [0.05, 0.1) is 10.0 Å². The molecule has 28 heavy (non-hydrogen) atoms. The number of aromatic nitrogens is 1. The minimum atomic E-state index is -0.507. The summed E-state index contributed by atoms with van der Waals surface area (Å²) in [5, 5.41) is 4.44. The molecule has 1 N–H and O–H groups in total. The van der Waals surface area contributed by atoms with Gasteiger partial charge in [0.25, 0.3) is 0 Å². The van der Waals surface area contributed by atoms with Gasteiger partial charge in [-0.05, 0) is 24.5 Å². The highest BCUT2D eigenvalue weighted by Gasteiger charge is 2.38. The summed E-state index contributed by atoms with van der Waals surface area (Å²) in [5.74, 6) is -0.183. The molecule has 0 bridgehead atoms. The van der Waals surface area contributed by atoms with Crippen LogP contribution in [0.25, 0.3) is 0 Å². The van der Waals surface area contributed by atoms with Crippen molar-refractivity contribution in [3.63, 3.8) is 0 Å². The summed E-state index contributed by atoms with van der Waals surface area (Å²) in [7, 11) is 0. The van der Waals surface area contributed by atoms with Gasteiger partial charge in [-0.25, -0.2) is 4.98 Å². The van der Waals surface area contributed by atoms with Crippen molar-refractivity contribution in [3.8, 4) is 0 Å². The second kappa shape index (κ2) is 8.39. The Labute approximate surface area is 179 Å². The van der Waals surface area contributed by atoms with E-state index in [4.69, 9.17) is 23.2 Å². The summed E-state index contributed by atoms with van der Waals surface area (Å²) in [6, 6.07) is 5.08. The molecule has 0 radical (unpaired) electrons. The molecule has 1 saturated heterocycles. The number of carbonyl (C=O) groups excluding carboxylic acids is 2. The zero-order valence-corrected chi connectivity index (χ0v) is 18.4. The summed E-state index contributed by atoms with van der Waals surface area (Å²) in [6.07, 6.45) is 3.82. The molecule has 3 rings (SSSR count). The molecule has 150 valence electrons. The average molecular weight is 440 g/mol. The van der Waals surface area contributed by atoms with E-state index < -0.39 is 11.5 Å². The summed E-state index contributed by atoms with van der Waals surface area (Å²) >= 11 is 13.7. The Morgan fingerprint density at radius 3 is 2.79 bits per heavy atom. The molecular formula is C20H23Cl2N3O2S. The Morgan fingerprint density at radius 1 is 1.32 bits per heavy atom. The third kappa shape index (κ3) is 4.67. The minimum Gasteiger partial charge on any atom is -0.330 e. The van der Waals surface area contributed by atoms with E-state index in [1.165, 1.54) is 11.3 Å². The summed E-state index contributed by atoms with van der Waals surface area (Å²) in [5.41, 5.74) is 0.404. The van der Waals surface area contributed by atoms with Crippen LogP contribution in [0.15, 0.2) is 24.4 Å². The maximum atomic E-state index is 12.7. The number of nitrogens with zero attached hydrogens (tertiary/aromatic N) is 2. The fourth-order valence-corrected chi connectivity index (χ4v) is 4.45. The minimum absolute atomic E-state index is 0.000533. The molecule has 8 heteroatoms. The van der Waals surface area contributed by atoms with Gasteiger partial charge in [-0.3, -0.25) is 9.59 Å². The Kier molecular flexibility index (Phi) is 6.32. The molecule has 0 aliphatic carbocycles. The molecule has 1 aromatic carbocycles. The normalized spacial score (nSPS) is 17.0. The largest absolute Gasteiger partial charge is 0.330 e. The van der Waals surface area contributed by atoms with Crippen LogP contribution < -0.4 is 5.32 Å². The van der Waals surface area contributed by atoms with Gasteiger partial charge in [0.15, 0.2) is 5.13 Å². The van der Waals surface area contributed by atoms with Crippen molar-refractivity contribution in [2.45, 2.75) is 46.1 Å². The number of rotatable bonds is 4. The van der Waals surface area contributed by atoms with E-state index in [1.807, 2.05) is 32.9 Å². The van der Waals surface area contributed by atoms with E-state index in [9.17, 15) is 9.59 Å². The zero-order chi connectivity index (χ0) is 20.5. The molecule has 1 fully saturated rings. The molecule has 1 atom stereocenters. The van der Waals surface area contributed by atoms with Crippen LogP contribution in [0.1, 0.15) is 44.1 Å². The van der Waals surface area contributed by atoms with E-state index in [-0.39, 0.29) is 11.8 Å². The first-order chi connectivity index (χ1) is 13.2. The third-order valence-corrected chi connectivity index (χ3v) is 6.41. The monoisotopic (exact) mass is 439 g/mol. The topological polar surface area (TPSA) is 62.3 Å². The first-order valence-corrected chi connectivity index (χ1v) is 10.7. The number of hydrogen-bond acceptors (Lipinski definition) is 4. The first kappa shape index (κ1) is 21.1. The molecule has 2 aromatic rings. The maximum absolute atomic E-state index is 12.7. The molecule has 2 amide bonds. The number of carbonyl (C=O) groups is 2. The molecular weight excluding hydrogens is 417 g/mol. The van der Waals surface area contributed by atoms with Crippen LogP contribution in [0, 0.1) is 5.41 Å². The van der Waals surface area contributed by atoms with E-state index in [2.05, 4.69) is 10.3 Å². The number of halogens is 2. The second-order valence-electron chi connectivity index (χ2n) is 7.92. The Bertz CT molecular complexity index is 892. The zero-order valence-electron chi connectivity index (χ0n) is 16.1. The number of nitrogens with one attached hydrogen (secondary N) is 1. The fraction of sp³-hybridized carbons (Fsp3) is 0.450. The Balaban J connectivity index is 1.67. The fourth-order valence-electron chi connectivity index (χ4n) is 3.22. The predicted molar refractivity (Wildman–Crippen MR) is 114 cm³/mol. The highest BCUT2D eigenvalue weighted by Crippen LogP contribution is 2.30. The van der Waals surface area contributed by atoms with E-state index in [0.717, 1.165) is 16.9 Å². The lowest BCUT2D eigenvalue weighted by molar-refractivity contribution is -0.143. The Morgan fingerprint density at radius 2 is 2.07 bits per heavy atom. The predicted octanol–water partition coefficient (Wildman–Crippen LogP) is 5.02. The molecule has 0 spiro atoms. The van der Waals surface area contributed by atoms with Crippen LogP contribution in [0.4, 0.5) is 5.13 Å². The van der Waals surface area contributed by atoms with Gasteiger partial charge in [-0.1, -0.05) is 56.1 Å². The SMILES string of the molecule is CC(C)(C)C(=O)N1CCCC1C(=O)Nc1ncc(Cc2cccc(Cl)c2Cl)s1. The standard InChI is InChI=1S/C20H23Cl2N3O2S/c1-20(2,3)18(27)25-9-5-8-15(25)17(26)24-19-23-11-13(28-19)10-12-6-4-7-14(21)16(12)22/h4,6-7,11,15H,5,8-10H2,1-3H3,(H,23,24,26). The van der Waals surface area contributed by atoms with Crippen molar-refractivity contribution in [2.24, 2.45) is 5.41 Å². The number of hydrogen-bond donors (Lipinski definition) is 1. The number of anilines is 1. The molecule has 5 nitrogen and oxygen atoms in total. The van der Waals surface area contributed by atoms with Gasteiger partial charge in [-0.2, -0.15) is 0 Å². The van der Waals surface area contributed by atoms with Crippen LogP contribution in [0.3, 0.4) is 0 Å². The third-order valence-electron chi connectivity index (χ3n) is 4.64. The van der Waals surface area contributed by atoms with Gasteiger partial charge in [0.2, 0.25) is 11.8 Å². The van der Waals surface area contributed by atoms with Crippen molar-refractivity contribution in [2.75, 3.05) is 11.9 Å². The highest BCUT2D eigenvalue weighted by molar-refractivity contribution is 7.15. The molecule has 1 unspecified atom stereocenters. The van der Waals surface area contributed by atoms with Crippen molar-refractivity contribution in [3.05, 3.63) is 44.9 Å². The lowest BCUT2D eigenvalue weighted by Gasteiger charge is -2.30. The van der Waals surface area contributed by atoms with Crippen molar-refractivity contribution in [1.29, 1.82) is 0 Å².